The Morgan fingerprint density at radius 3 is 2.87 bits per heavy atom. The van der Waals surface area contributed by atoms with Gasteiger partial charge in [0.05, 0.1) is 6.04 Å². The molecule has 4 nitrogen and oxygen atoms in total. The van der Waals surface area contributed by atoms with Crippen molar-refractivity contribution in [3.63, 3.8) is 0 Å². The first-order valence-corrected chi connectivity index (χ1v) is 5.93. The van der Waals surface area contributed by atoms with Crippen LogP contribution >= 0.6 is 0 Å². The van der Waals surface area contributed by atoms with Gasteiger partial charge in [-0.25, -0.2) is 0 Å². The van der Waals surface area contributed by atoms with E-state index in [2.05, 4.69) is 22.5 Å². The van der Waals surface area contributed by atoms with Crippen molar-refractivity contribution in [2.75, 3.05) is 20.1 Å². The summed E-state index contributed by atoms with van der Waals surface area (Å²) in [6.45, 7) is 3.93. The Balaban J connectivity index is 2.01. The van der Waals surface area contributed by atoms with Gasteiger partial charge in [0.2, 0.25) is 5.91 Å². The standard InChI is InChI=1S/C11H21N3O/c1-8-7-13-11(15)10(5-6-12-2)14(8)9-3-4-9/h8-10,12H,3-7H2,1-2H3,(H,13,15). The van der Waals surface area contributed by atoms with Gasteiger partial charge in [0, 0.05) is 18.6 Å². The first-order chi connectivity index (χ1) is 7.24. The molecule has 2 rings (SSSR count). The molecule has 2 N–H and O–H groups in total. The number of amides is 1. The molecule has 15 heavy (non-hydrogen) atoms. The van der Waals surface area contributed by atoms with Gasteiger partial charge in [0.25, 0.3) is 0 Å². The summed E-state index contributed by atoms with van der Waals surface area (Å²) in [7, 11) is 1.94. The molecule has 0 bridgehead atoms. The lowest BCUT2D eigenvalue weighted by atomic mass is 10.0. The second-order valence-electron chi connectivity index (χ2n) is 4.68. The van der Waals surface area contributed by atoms with Crippen molar-refractivity contribution in [2.45, 2.75) is 44.3 Å². The van der Waals surface area contributed by atoms with Crippen LogP contribution in [-0.2, 0) is 4.79 Å². The molecular weight excluding hydrogens is 190 g/mol. The number of rotatable bonds is 4. The molecule has 0 aromatic rings. The number of hydrogen-bond acceptors (Lipinski definition) is 3. The predicted molar refractivity (Wildman–Crippen MR) is 59.7 cm³/mol. The number of carbonyl (C=O) groups excluding carboxylic acids is 1. The van der Waals surface area contributed by atoms with Crippen molar-refractivity contribution in [3.05, 3.63) is 0 Å². The SMILES string of the molecule is CNCCC1C(=O)NCC(C)N1C1CC1. The molecule has 2 atom stereocenters. The summed E-state index contributed by atoms with van der Waals surface area (Å²) in [6, 6.07) is 1.26. The highest BCUT2D eigenvalue weighted by Crippen LogP contribution is 2.32. The van der Waals surface area contributed by atoms with Gasteiger partial charge in [-0.05, 0) is 39.8 Å². The molecule has 1 amide bonds. The van der Waals surface area contributed by atoms with E-state index >= 15 is 0 Å². The van der Waals surface area contributed by atoms with E-state index in [-0.39, 0.29) is 11.9 Å². The minimum atomic E-state index is 0.0914. The molecule has 1 heterocycles. The minimum Gasteiger partial charge on any atom is -0.353 e. The van der Waals surface area contributed by atoms with Gasteiger partial charge in [-0.1, -0.05) is 0 Å². The topological polar surface area (TPSA) is 44.4 Å². The van der Waals surface area contributed by atoms with Crippen LogP contribution in [0.25, 0.3) is 0 Å². The Morgan fingerprint density at radius 2 is 2.27 bits per heavy atom. The largest absolute Gasteiger partial charge is 0.353 e. The van der Waals surface area contributed by atoms with Crippen molar-refractivity contribution >= 4 is 5.91 Å². The predicted octanol–water partition coefficient (Wildman–Crippen LogP) is -0.0528. The van der Waals surface area contributed by atoms with Crippen LogP contribution in [-0.4, -0.2) is 49.1 Å². The van der Waals surface area contributed by atoms with Gasteiger partial charge in [-0.3, -0.25) is 9.69 Å². The normalized spacial score (nSPS) is 32.8. The van der Waals surface area contributed by atoms with E-state index in [0.717, 1.165) is 19.5 Å². The molecule has 2 fully saturated rings. The van der Waals surface area contributed by atoms with E-state index in [9.17, 15) is 4.79 Å². The number of hydrogen-bond donors (Lipinski definition) is 2. The fraction of sp³-hybridized carbons (Fsp3) is 0.909. The van der Waals surface area contributed by atoms with Crippen LogP contribution in [0, 0.1) is 0 Å². The molecule has 0 spiro atoms. The molecule has 1 saturated carbocycles. The highest BCUT2D eigenvalue weighted by molar-refractivity contribution is 5.82. The van der Waals surface area contributed by atoms with Gasteiger partial charge in [-0.15, -0.1) is 0 Å². The van der Waals surface area contributed by atoms with Crippen molar-refractivity contribution < 1.29 is 4.79 Å². The highest BCUT2D eigenvalue weighted by Gasteiger charge is 2.42. The number of piperazine rings is 1. The second kappa shape index (κ2) is 4.49. The Labute approximate surface area is 91.4 Å². The Morgan fingerprint density at radius 1 is 1.53 bits per heavy atom. The Kier molecular flexibility index (Phi) is 3.26. The Hall–Kier alpha value is -0.610. The summed E-state index contributed by atoms with van der Waals surface area (Å²) >= 11 is 0. The van der Waals surface area contributed by atoms with Crippen molar-refractivity contribution in [1.82, 2.24) is 15.5 Å². The summed E-state index contributed by atoms with van der Waals surface area (Å²) in [5.74, 6) is 0.218. The number of carbonyl (C=O) groups is 1. The molecule has 1 saturated heterocycles. The summed E-state index contributed by atoms with van der Waals surface area (Å²) < 4.78 is 0. The fourth-order valence-electron chi connectivity index (χ4n) is 2.46. The zero-order valence-electron chi connectivity index (χ0n) is 9.62. The van der Waals surface area contributed by atoms with Crippen LogP contribution < -0.4 is 10.6 Å². The first kappa shape index (κ1) is 10.9. The number of nitrogens with zero attached hydrogens (tertiary/aromatic N) is 1. The van der Waals surface area contributed by atoms with Crippen LogP contribution in [0.3, 0.4) is 0 Å². The van der Waals surface area contributed by atoms with E-state index in [1.165, 1.54) is 12.8 Å². The molecular formula is C11H21N3O. The Bertz CT molecular complexity index is 240. The average Bonchev–Trinajstić information content (AvgIpc) is 3.03. The van der Waals surface area contributed by atoms with Crippen LogP contribution in [0.1, 0.15) is 26.2 Å². The maximum atomic E-state index is 11.8. The van der Waals surface area contributed by atoms with Crippen LogP contribution in [0.4, 0.5) is 0 Å². The first-order valence-electron chi connectivity index (χ1n) is 5.93. The molecule has 0 aromatic heterocycles. The molecule has 2 aliphatic rings. The lowest BCUT2D eigenvalue weighted by molar-refractivity contribution is -0.131. The smallest absolute Gasteiger partial charge is 0.237 e. The quantitative estimate of drug-likeness (QED) is 0.685. The number of nitrogens with one attached hydrogen (secondary N) is 2. The second-order valence-corrected chi connectivity index (χ2v) is 4.68. The zero-order valence-corrected chi connectivity index (χ0v) is 9.62. The monoisotopic (exact) mass is 211 g/mol. The van der Waals surface area contributed by atoms with Gasteiger partial charge >= 0.3 is 0 Å². The van der Waals surface area contributed by atoms with E-state index in [0.29, 0.717) is 12.1 Å². The van der Waals surface area contributed by atoms with E-state index in [4.69, 9.17) is 0 Å². The van der Waals surface area contributed by atoms with Gasteiger partial charge < -0.3 is 10.6 Å². The maximum Gasteiger partial charge on any atom is 0.237 e. The third-order valence-corrected chi connectivity index (χ3v) is 3.38. The third-order valence-electron chi connectivity index (χ3n) is 3.38. The lowest BCUT2D eigenvalue weighted by Gasteiger charge is -2.40. The van der Waals surface area contributed by atoms with Crippen molar-refractivity contribution in [2.24, 2.45) is 0 Å². The molecule has 86 valence electrons. The van der Waals surface area contributed by atoms with Gasteiger partial charge in [-0.2, -0.15) is 0 Å². The summed E-state index contributed by atoms with van der Waals surface area (Å²) in [4.78, 5) is 14.2. The third kappa shape index (κ3) is 2.32. The zero-order chi connectivity index (χ0) is 10.8. The molecule has 0 aromatic carbocycles. The molecule has 4 heteroatoms. The van der Waals surface area contributed by atoms with Crippen molar-refractivity contribution in [1.29, 1.82) is 0 Å². The van der Waals surface area contributed by atoms with Crippen molar-refractivity contribution in [3.8, 4) is 0 Å². The highest BCUT2D eigenvalue weighted by atomic mass is 16.2. The maximum absolute atomic E-state index is 11.8. The van der Waals surface area contributed by atoms with Gasteiger partial charge in [0.15, 0.2) is 0 Å². The lowest BCUT2D eigenvalue weighted by Crippen LogP contribution is -2.60. The van der Waals surface area contributed by atoms with Crippen LogP contribution in [0.15, 0.2) is 0 Å². The van der Waals surface area contributed by atoms with Crippen LogP contribution in [0.2, 0.25) is 0 Å². The molecule has 1 aliphatic carbocycles. The average molecular weight is 211 g/mol. The fourth-order valence-corrected chi connectivity index (χ4v) is 2.46. The molecule has 2 unspecified atom stereocenters. The van der Waals surface area contributed by atoms with E-state index < -0.39 is 0 Å². The minimum absolute atomic E-state index is 0.0914. The summed E-state index contributed by atoms with van der Waals surface area (Å²) in [5.41, 5.74) is 0. The molecule has 1 aliphatic heterocycles. The van der Waals surface area contributed by atoms with E-state index in [1.807, 2.05) is 7.05 Å². The molecule has 0 radical (unpaired) electrons. The summed E-state index contributed by atoms with van der Waals surface area (Å²) in [5, 5.41) is 6.12. The summed E-state index contributed by atoms with van der Waals surface area (Å²) in [6.07, 6.45) is 3.46. The van der Waals surface area contributed by atoms with Crippen LogP contribution in [0.5, 0.6) is 0 Å². The van der Waals surface area contributed by atoms with Gasteiger partial charge in [0.1, 0.15) is 0 Å². The van der Waals surface area contributed by atoms with E-state index in [1.54, 1.807) is 0 Å².